The second-order valence-electron chi connectivity index (χ2n) is 5.26. The zero-order valence-electron chi connectivity index (χ0n) is 11.2. The standard InChI is InChI=1S/C15H18FN3O/c16-14-6-1-10(7-12(14)8-17)9-19-13-4-2-11(3-5-13)15(18)20/h1,6-7,11,13,19H,2-5,9H2,(H2,18,20). The van der Waals surface area contributed by atoms with Gasteiger partial charge in [0.05, 0.1) is 5.56 Å². The lowest BCUT2D eigenvalue weighted by Gasteiger charge is -2.27. The first-order chi connectivity index (χ1) is 9.60. The predicted molar refractivity (Wildman–Crippen MR) is 72.9 cm³/mol. The molecule has 106 valence electrons. The van der Waals surface area contributed by atoms with Crippen LogP contribution >= 0.6 is 0 Å². The van der Waals surface area contributed by atoms with Gasteiger partial charge in [0.25, 0.3) is 0 Å². The lowest BCUT2D eigenvalue weighted by Crippen LogP contribution is -2.36. The minimum atomic E-state index is -0.488. The van der Waals surface area contributed by atoms with Crippen molar-refractivity contribution in [3.8, 4) is 6.07 Å². The summed E-state index contributed by atoms with van der Waals surface area (Å²) < 4.78 is 13.2. The highest BCUT2D eigenvalue weighted by Crippen LogP contribution is 2.24. The van der Waals surface area contributed by atoms with Gasteiger partial charge in [0, 0.05) is 18.5 Å². The molecule has 20 heavy (non-hydrogen) atoms. The van der Waals surface area contributed by atoms with Gasteiger partial charge < -0.3 is 11.1 Å². The maximum absolute atomic E-state index is 13.2. The van der Waals surface area contributed by atoms with E-state index in [0.29, 0.717) is 12.6 Å². The van der Waals surface area contributed by atoms with Crippen molar-refractivity contribution in [2.24, 2.45) is 11.7 Å². The highest BCUT2D eigenvalue weighted by molar-refractivity contribution is 5.76. The third-order valence-electron chi connectivity index (χ3n) is 3.88. The lowest BCUT2D eigenvalue weighted by atomic mass is 9.85. The number of rotatable bonds is 4. The van der Waals surface area contributed by atoms with Crippen LogP contribution in [0.3, 0.4) is 0 Å². The fourth-order valence-corrected chi connectivity index (χ4v) is 2.61. The summed E-state index contributed by atoms with van der Waals surface area (Å²) in [5, 5.41) is 12.2. The van der Waals surface area contributed by atoms with Crippen molar-refractivity contribution in [1.29, 1.82) is 5.26 Å². The van der Waals surface area contributed by atoms with E-state index in [-0.39, 0.29) is 17.4 Å². The monoisotopic (exact) mass is 275 g/mol. The van der Waals surface area contributed by atoms with Crippen molar-refractivity contribution in [1.82, 2.24) is 5.32 Å². The molecular formula is C15H18FN3O. The van der Waals surface area contributed by atoms with Crippen LogP contribution < -0.4 is 11.1 Å². The van der Waals surface area contributed by atoms with E-state index in [0.717, 1.165) is 31.2 Å². The average molecular weight is 275 g/mol. The highest BCUT2D eigenvalue weighted by atomic mass is 19.1. The normalized spacial score (nSPS) is 22.2. The molecule has 0 bridgehead atoms. The minimum Gasteiger partial charge on any atom is -0.369 e. The summed E-state index contributed by atoms with van der Waals surface area (Å²) in [5.74, 6) is -0.692. The molecule has 1 fully saturated rings. The van der Waals surface area contributed by atoms with Crippen LogP contribution in [-0.2, 0) is 11.3 Å². The number of hydrogen-bond acceptors (Lipinski definition) is 3. The molecule has 1 aromatic carbocycles. The fraction of sp³-hybridized carbons (Fsp3) is 0.467. The van der Waals surface area contributed by atoms with Gasteiger partial charge in [-0.05, 0) is 43.4 Å². The Morgan fingerprint density at radius 1 is 1.40 bits per heavy atom. The second kappa shape index (κ2) is 6.49. The Bertz CT molecular complexity index is 530. The molecule has 3 N–H and O–H groups in total. The molecule has 0 aromatic heterocycles. The molecule has 1 aromatic rings. The van der Waals surface area contributed by atoms with Gasteiger partial charge in [-0.2, -0.15) is 5.26 Å². The van der Waals surface area contributed by atoms with E-state index in [9.17, 15) is 9.18 Å². The topological polar surface area (TPSA) is 78.9 Å². The van der Waals surface area contributed by atoms with E-state index in [1.54, 1.807) is 12.1 Å². The number of nitrogens with two attached hydrogens (primary N) is 1. The molecule has 1 aliphatic rings. The molecule has 1 saturated carbocycles. The number of primary amides is 1. The molecule has 1 amide bonds. The third kappa shape index (κ3) is 3.55. The molecule has 5 heteroatoms. The van der Waals surface area contributed by atoms with E-state index in [4.69, 9.17) is 11.0 Å². The molecule has 0 heterocycles. The Morgan fingerprint density at radius 2 is 2.10 bits per heavy atom. The van der Waals surface area contributed by atoms with Crippen LogP contribution in [0.4, 0.5) is 4.39 Å². The van der Waals surface area contributed by atoms with E-state index in [2.05, 4.69) is 5.32 Å². The second-order valence-corrected chi connectivity index (χ2v) is 5.26. The summed E-state index contributed by atoms with van der Waals surface area (Å²) in [6.45, 7) is 0.598. The first-order valence-corrected chi connectivity index (χ1v) is 6.81. The lowest BCUT2D eigenvalue weighted by molar-refractivity contribution is -0.122. The van der Waals surface area contributed by atoms with Crippen LogP contribution in [-0.4, -0.2) is 11.9 Å². The number of carbonyl (C=O) groups is 1. The van der Waals surface area contributed by atoms with Crippen molar-refractivity contribution < 1.29 is 9.18 Å². The highest BCUT2D eigenvalue weighted by Gasteiger charge is 2.24. The molecule has 2 rings (SSSR count). The van der Waals surface area contributed by atoms with Crippen LogP contribution in [0.2, 0.25) is 0 Å². The molecule has 0 spiro atoms. The van der Waals surface area contributed by atoms with Crippen molar-refractivity contribution in [3.63, 3.8) is 0 Å². The van der Waals surface area contributed by atoms with Gasteiger partial charge in [0.2, 0.25) is 5.91 Å². The average Bonchev–Trinajstić information content (AvgIpc) is 2.46. The third-order valence-corrected chi connectivity index (χ3v) is 3.88. The maximum Gasteiger partial charge on any atom is 0.220 e. The zero-order valence-corrected chi connectivity index (χ0v) is 11.2. The number of nitrogens with one attached hydrogen (secondary N) is 1. The Kier molecular flexibility index (Phi) is 4.70. The van der Waals surface area contributed by atoms with Crippen molar-refractivity contribution in [2.75, 3.05) is 0 Å². The summed E-state index contributed by atoms with van der Waals surface area (Å²) >= 11 is 0. The molecule has 0 aliphatic heterocycles. The summed E-state index contributed by atoms with van der Waals surface area (Å²) in [4.78, 5) is 11.1. The van der Waals surface area contributed by atoms with Crippen molar-refractivity contribution >= 4 is 5.91 Å². The van der Waals surface area contributed by atoms with E-state index < -0.39 is 5.82 Å². The minimum absolute atomic E-state index is 0.00376. The summed E-state index contributed by atoms with van der Waals surface area (Å²) in [7, 11) is 0. The van der Waals surface area contributed by atoms with E-state index in [1.165, 1.54) is 6.07 Å². The Balaban J connectivity index is 1.85. The number of carbonyl (C=O) groups excluding carboxylic acids is 1. The number of nitriles is 1. The molecule has 4 nitrogen and oxygen atoms in total. The fourth-order valence-electron chi connectivity index (χ4n) is 2.61. The number of halogens is 1. The molecule has 0 saturated heterocycles. The molecule has 0 radical (unpaired) electrons. The zero-order chi connectivity index (χ0) is 14.5. The van der Waals surface area contributed by atoms with Gasteiger partial charge in [-0.1, -0.05) is 6.07 Å². The summed E-state index contributed by atoms with van der Waals surface area (Å²) in [6.07, 6.45) is 3.47. The summed E-state index contributed by atoms with van der Waals surface area (Å²) in [6, 6.07) is 6.75. The van der Waals surface area contributed by atoms with Crippen LogP contribution in [0.25, 0.3) is 0 Å². The first kappa shape index (κ1) is 14.5. The molecule has 0 atom stereocenters. The largest absolute Gasteiger partial charge is 0.369 e. The van der Waals surface area contributed by atoms with Crippen LogP contribution in [0.1, 0.15) is 36.8 Å². The van der Waals surface area contributed by atoms with E-state index >= 15 is 0 Å². The van der Waals surface area contributed by atoms with Crippen LogP contribution in [0, 0.1) is 23.1 Å². The number of benzene rings is 1. The van der Waals surface area contributed by atoms with Gasteiger partial charge in [-0.3, -0.25) is 4.79 Å². The van der Waals surface area contributed by atoms with Crippen LogP contribution in [0.5, 0.6) is 0 Å². The molecule has 0 unspecified atom stereocenters. The quantitative estimate of drug-likeness (QED) is 0.880. The van der Waals surface area contributed by atoms with Crippen molar-refractivity contribution in [3.05, 3.63) is 35.1 Å². The smallest absolute Gasteiger partial charge is 0.220 e. The maximum atomic E-state index is 13.2. The first-order valence-electron chi connectivity index (χ1n) is 6.81. The number of amides is 1. The number of hydrogen-bond donors (Lipinski definition) is 2. The van der Waals surface area contributed by atoms with Gasteiger partial charge in [-0.25, -0.2) is 4.39 Å². The van der Waals surface area contributed by atoms with Crippen LogP contribution in [0.15, 0.2) is 18.2 Å². The Hall–Kier alpha value is -1.93. The van der Waals surface area contributed by atoms with Crippen molar-refractivity contribution in [2.45, 2.75) is 38.3 Å². The molecular weight excluding hydrogens is 257 g/mol. The Labute approximate surface area is 117 Å². The van der Waals surface area contributed by atoms with E-state index in [1.807, 2.05) is 6.07 Å². The predicted octanol–water partition coefficient (Wildman–Crippen LogP) is 1.83. The van der Waals surface area contributed by atoms with Gasteiger partial charge in [-0.15, -0.1) is 0 Å². The SMILES string of the molecule is N#Cc1cc(CNC2CCC(C(N)=O)CC2)ccc1F. The van der Waals surface area contributed by atoms with Gasteiger partial charge in [0.1, 0.15) is 11.9 Å². The molecule has 1 aliphatic carbocycles. The van der Waals surface area contributed by atoms with Gasteiger partial charge in [0.15, 0.2) is 0 Å². The summed E-state index contributed by atoms with van der Waals surface area (Å²) in [5.41, 5.74) is 6.26. The number of nitrogens with zero attached hydrogens (tertiary/aromatic N) is 1. The Morgan fingerprint density at radius 3 is 2.70 bits per heavy atom. The van der Waals surface area contributed by atoms with Gasteiger partial charge >= 0.3 is 0 Å².